The lowest BCUT2D eigenvalue weighted by atomic mass is 10.1. The van der Waals surface area contributed by atoms with Crippen LogP contribution in [0.4, 0.5) is 0 Å². The summed E-state index contributed by atoms with van der Waals surface area (Å²) in [7, 11) is 0. The van der Waals surface area contributed by atoms with E-state index in [2.05, 4.69) is 56.4 Å². The Bertz CT molecular complexity index is 1540. The quantitative estimate of drug-likeness (QED) is 0.233. The van der Waals surface area contributed by atoms with Gasteiger partial charge in [0.05, 0.1) is 17.2 Å². The summed E-state index contributed by atoms with van der Waals surface area (Å²) >= 11 is 0. The summed E-state index contributed by atoms with van der Waals surface area (Å²) in [5, 5.41) is 0.768. The molecule has 0 N–H and O–H groups in total. The second kappa shape index (κ2) is 9.53. The minimum atomic E-state index is -0.227. The van der Waals surface area contributed by atoms with Gasteiger partial charge in [0.2, 0.25) is 0 Å². The van der Waals surface area contributed by atoms with Gasteiger partial charge in [-0.25, -0.2) is 9.97 Å². The molecule has 5 rings (SSSR count). The maximum absolute atomic E-state index is 12.7. The van der Waals surface area contributed by atoms with Gasteiger partial charge in [-0.15, -0.1) is 0 Å². The fourth-order valence-corrected chi connectivity index (χ4v) is 4.57. The highest BCUT2D eigenvalue weighted by atomic mass is 16.5. The molecule has 180 valence electrons. The van der Waals surface area contributed by atoms with Gasteiger partial charge in [0, 0.05) is 18.5 Å². The first-order chi connectivity index (χ1) is 17.0. The Morgan fingerprint density at radius 1 is 0.943 bits per heavy atom. The number of benzene rings is 2. The summed E-state index contributed by atoms with van der Waals surface area (Å²) in [5.41, 5.74) is 6.89. The number of esters is 1. The zero-order valence-electron chi connectivity index (χ0n) is 21.0. The third kappa shape index (κ3) is 4.18. The highest BCUT2D eigenvalue weighted by Crippen LogP contribution is 2.36. The molecule has 0 spiro atoms. The van der Waals surface area contributed by atoms with Gasteiger partial charge in [0.25, 0.3) is 0 Å². The fourth-order valence-electron chi connectivity index (χ4n) is 4.57. The number of nitrogens with zero attached hydrogens (tertiary/aromatic N) is 4. The number of ether oxygens (including phenoxy) is 1. The van der Waals surface area contributed by atoms with Crippen molar-refractivity contribution in [2.75, 3.05) is 0 Å². The van der Waals surface area contributed by atoms with Crippen LogP contribution < -0.4 is 4.74 Å². The SMILES string of the molecule is CCCCC(=O)Oc1cn(-c2ccc(C)c(C)c2)c2nc(CCCC)n3c4ccccc4nc3c12. The van der Waals surface area contributed by atoms with Crippen LogP contribution in [-0.2, 0) is 11.2 Å². The van der Waals surface area contributed by atoms with E-state index in [0.717, 1.165) is 71.3 Å². The van der Waals surface area contributed by atoms with Gasteiger partial charge in [0.1, 0.15) is 11.2 Å². The molecule has 3 heterocycles. The number of hydrogen-bond donors (Lipinski definition) is 0. The number of fused-ring (bicyclic) bond motifs is 5. The van der Waals surface area contributed by atoms with Crippen LogP contribution >= 0.6 is 0 Å². The number of hydrogen-bond acceptors (Lipinski definition) is 4. The van der Waals surface area contributed by atoms with Crippen LogP contribution in [0.1, 0.15) is 62.9 Å². The Morgan fingerprint density at radius 2 is 1.74 bits per heavy atom. The predicted octanol–water partition coefficient (Wildman–Crippen LogP) is 6.88. The van der Waals surface area contributed by atoms with Crippen molar-refractivity contribution in [3.05, 3.63) is 65.6 Å². The minimum absolute atomic E-state index is 0.227. The standard InChI is InChI=1S/C29H32N4O2/c1-5-7-13-25-31-28-27(29-30-22-11-9-10-12-23(22)33(25)29)24(35-26(34)14-8-6-2)18-32(28)21-16-15-19(3)20(4)17-21/h9-12,15-18H,5-8,13-14H2,1-4H3. The molecule has 5 aromatic rings. The third-order valence-electron chi connectivity index (χ3n) is 6.70. The van der Waals surface area contributed by atoms with E-state index in [1.165, 1.54) is 11.1 Å². The lowest BCUT2D eigenvalue weighted by molar-refractivity contribution is -0.134. The molecule has 0 amide bonds. The van der Waals surface area contributed by atoms with Crippen molar-refractivity contribution >= 4 is 33.7 Å². The van der Waals surface area contributed by atoms with Crippen LogP contribution in [0, 0.1) is 13.8 Å². The molecule has 6 nitrogen and oxygen atoms in total. The van der Waals surface area contributed by atoms with Crippen LogP contribution in [0.2, 0.25) is 0 Å². The van der Waals surface area contributed by atoms with Gasteiger partial charge in [-0.1, -0.05) is 44.9 Å². The number of aromatic nitrogens is 4. The Kier molecular flexibility index (Phi) is 6.29. The van der Waals surface area contributed by atoms with E-state index >= 15 is 0 Å². The zero-order valence-corrected chi connectivity index (χ0v) is 21.0. The molecule has 0 aliphatic carbocycles. The van der Waals surface area contributed by atoms with Crippen LogP contribution in [0.25, 0.3) is 33.4 Å². The van der Waals surface area contributed by atoms with E-state index in [-0.39, 0.29) is 5.97 Å². The van der Waals surface area contributed by atoms with E-state index in [0.29, 0.717) is 12.2 Å². The molecule has 0 bridgehead atoms. The first kappa shape index (κ1) is 23.1. The van der Waals surface area contributed by atoms with Crippen LogP contribution in [0.5, 0.6) is 5.75 Å². The number of imidazole rings is 1. The molecule has 35 heavy (non-hydrogen) atoms. The van der Waals surface area contributed by atoms with Gasteiger partial charge in [-0.2, -0.15) is 0 Å². The molecule has 2 aromatic carbocycles. The van der Waals surface area contributed by atoms with Crippen molar-refractivity contribution < 1.29 is 9.53 Å². The topological polar surface area (TPSA) is 61.4 Å². The van der Waals surface area contributed by atoms with E-state index < -0.39 is 0 Å². The summed E-state index contributed by atoms with van der Waals surface area (Å²) in [5.74, 6) is 1.25. The van der Waals surface area contributed by atoms with Crippen molar-refractivity contribution in [2.24, 2.45) is 0 Å². The molecule has 0 fully saturated rings. The normalized spacial score (nSPS) is 11.7. The van der Waals surface area contributed by atoms with E-state index in [9.17, 15) is 4.79 Å². The molecule has 3 aromatic heterocycles. The summed E-state index contributed by atoms with van der Waals surface area (Å²) < 4.78 is 10.1. The Balaban J connectivity index is 1.82. The van der Waals surface area contributed by atoms with Gasteiger partial charge in [-0.3, -0.25) is 13.8 Å². The molecular formula is C29H32N4O2. The lowest BCUT2D eigenvalue weighted by Gasteiger charge is -2.10. The second-order valence-corrected chi connectivity index (χ2v) is 9.30. The highest BCUT2D eigenvalue weighted by molar-refractivity contribution is 6.01. The predicted molar refractivity (Wildman–Crippen MR) is 141 cm³/mol. The van der Waals surface area contributed by atoms with Gasteiger partial charge < -0.3 is 4.74 Å². The van der Waals surface area contributed by atoms with Crippen LogP contribution in [-0.4, -0.2) is 24.9 Å². The van der Waals surface area contributed by atoms with Crippen molar-refractivity contribution in [3.8, 4) is 11.4 Å². The van der Waals surface area contributed by atoms with E-state index in [1.54, 1.807) is 0 Å². The summed E-state index contributed by atoms with van der Waals surface area (Å²) in [6, 6.07) is 14.5. The Hall–Kier alpha value is -3.67. The van der Waals surface area contributed by atoms with Crippen molar-refractivity contribution in [2.45, 2.75) is 66.2 Å². The fraction of sp³-hybridized carbons (Fsp3) is 0.345. The summed E-state index contributed by atoms with van der Waals surface area (Å²) in [4.78, 5) is 22.9. The number of carbonyl (C=O) groups is 1. The third-order valence-corrected chi connectivity index (χ3v) is 6.70. The molecule has 0 unspecified atom stereocenters. The zero-order chi connectivity index (χ0) is 24.5. The van der Waals surface area contributed by atoms with Gasteiger partial charge in [-0.05, 0) is 62.1 Å². The van der Waals surface area contributed by atoms with Gasteiger partial charge in [0.15, 0.2) is 17.0 Å². The number of para-hydroxylation sites is 2. The highest BCUT2D eigenvalue weighted by Gasteiger charge is 2.23. The molecular weight excluding hydrogens is 436 g/mol. The summed E-state index contributed by atoms with van der Waals surface area (Å²) in [6.07, 6.45) is 6.98. The Morgan fingerprint density at radius 3 is 2.51 bits per heavy atom. The smallest absolute Gasteiger partial charge is 0.311 e. The number of carbonyl (C=O) groups excluding carboxylic acids is 1. The molecule has 6 heteroatoms. The molecule has 0 aliphatic rings. The van der Waals surface area contributed by atoms with Crippen molar-refractivity contribution in [1.29, 1.82) is 0 Å². The maximum Gasteiger partial charge on any atom is 0.311 e. The maximum atomic E-state index is 12.7. The van der Waals surface area contributed by atoms with E-state index in [4.69, 9.17) is 14.7 Å². The average Bonchev–Trinajstić information content (AvgIpc) is 3.41. The number of unbranched alkanes of at least 4 members (excludes halogenated alkanes) is 2. The van der Waals surface area contributed by atoms with Crippen LogP contribution in [0.15, 0.2) is 48.7 Å². The lowest BCUT2D eigenvalue weighted by Crippen LogP contribution is -2.07. The van der Waals surface area contributed by atoms with Crippen molar-refractivity contribution in [3.63, 3.8) is 0 Å². The number of rotatable bonds is 8. The number of aryl methyl sites for hydroxylation is 3. The molecule has 0 aliphatic heterocycles. The molecule has 0 radical (unpaired) electrons. The average molecular weight is 469 g/mol. The monoisotopic (exact) mass is 468 g/mol. The first-order valence-corrected chi connectivity index (χ1v) is 12.6. The van der Waals surface area contributed by atoms with Crippen LogP contribution in [0.3, 0.4) is 0 Å². The summed E-state index contributed by atoms with van der Waals surface area (Å²) in [6.45, 7) is 8.47. The van der Waals surface area contributed by atoms with E-state index in [1.807, 2.05) is 29.0 Å². The van der Waals surface area contributed by atoms with Gasteiger partial charge >= 0.3 is 5.97 Å². The molecule has 0 atom stereocenters. The largest absolute Gasteiger partial charge is 0.424 e. The molecule has 0 saturated heterocycles. The first-order valence-electron chi connectivity index (χ1n) is 12.6. The molecule has 0 saturated carbocycles. The second-order valence-electron chi connectivity index (χ2n) is 9.30. The minimum Gasteiger partial charge on any atom is -0.424 e. The Labute approximate surface area is 205 Å². The van der Waals surface area contributed by atoms with Crippen molar-refractivity contribution in [1.82, 2.24) is 18.9 Å².